The summed E-state index contributed by atoms with van der Waals surface area (Å²) >= 11 is 4.31. The second kappa shape index (κ2) is 5.88. The summed E-state index contributed by atoms with van der Waals surface area (Å²) in [4.78, 5) is 3.31. The lowest BCUT2D eigenvalue weighted by atomic mass is 10.4. The van der Waals surface area contributed by atoms with Crippen molar-refractivity contribution in [1.82, 2.24) is 0 Å². The van der Waals surface area contributed by atoms with Gasteiger partial charge in [0.15, 0.2) is 24.6 Å². The van der Waals surface area contributed by atoms with Gasteiger partial charge in [-0.25, -0.2) is 0 Å². The topological polar surface area (TPSA) is 17.1 Å². The fourth-order valence-electron chi connectivity index (χ4n) is 2.27. The van der Waals surface area contributed by atoms with Crippen molar-refractivity contribution in [2.45, 2.75) is 19.6 Å². The zero-order valence-corrected chi connectivity index (χ0v) is 13.1. The van der Waals surface area contributed by atoms with E-state index in [9.17, 15) is 4.21 Å². The molecule has 0 fully saturated rings. The number of rotatable bonds is 3. The lowest BCUT2D eigenvalue weighted by Crippen LogP contribution is -2.12. The third-order valence-corrected chi connectivity index (χ3v) is 6.43. The van der Waals surface area contributed by atoms with Crippen LogP contribution in [0, 0.1) is 0 Å². The van der Waals surface area contributed by atoms with Crippen LogP contribution in [0.25, 0.3) is 0 Å². The number of hydrogen-bond acceptors (Lipinski definition) is 2. The molecule has 3 aromatic carbocycles. The maximum Gasteiger partial charge on any atom is 0.182 e. The minimum Gasteiger partial charge on any atom is -0.143 e. The molecule has 0 aliphatic heterocycles. The lowest BCUT2D eigenvalue weighted by Gasteiger charge is -2.12. The maximum atomic E-state index is 13.9. The van der Waals surface area contributed by atoms with Crippen LogP contribution >= 0.6 is 12.6 Å². The van der Waals surface area contributed by atoms with E-state index in [0.717, 1.165) is 19.6 Å². The molecule has 0 aliphatic carbocycles. The summed E-state index contributed by atoms with van der Waals surface area (Å²) in [5.41, 5.74) is 0. The Balaban J connectivity index is 2.26. The van der Waals surface area contributed by atoms with Crippen LogP contribution in [-0.4, -0.2) is 0 Å². The molecule has 3 aromatic rings. The molecule has 0 saturated heterocycles. The van der Waals surface area contributed by atoms with Gasteiger partial charge in [-0.05, 0) is 48.5 Å². The number of thiol groups is 1. The Bertz CT molecular complexity index is 722. The van der Waals surface area contributed by atoms with E-state index >= 15 is 0 Å². The third kappa shape index (κ3) is 2.67. The van der Waals surface area contributed by atoms with E-state index < -0.39 is 9.93 Å². The SMILES string of the molecule is O=[S+](c1ccccc1)(c1ccccc1)c1ccc(S)cc1. The zero-order valence-electron chi connectivity index (χ0n) is 11.3. The van der Waals surface area contributed by atoms with Crippen LogP contribution in [0.2, 0.25) is 0 Å². The van der Waals surface area contributed by atoms with Crippen molar-refractivity contribution in [3.8, 4) is 0 Å². The minimum atomic E-state index is -2.48. The summed E-state index contributed by atoms with van der Waals surface area (Å²) in [7, 11) is -2.48. The van der Waals surface area contributed by atoms with Crippen LogP contribution in [0.1, 0.15) is 0 Å². The van der Waals surface area contributed by atoms with Gasteiger partial charge in [-0.2, -0.15) is 0 Å². The summed E-state index contributed by atoms with van der Waals surface area (Å²) in [6, 6.07) is 26.8. The molecule has 0 unspecified atom stereocenters. The molecule has 1 nitrogen and oxygen atoms in total. The van der Waals surface area contributed by atoms with E-state index in [2.05, 4.69) is 12.6 Å². The molecule has 0 amide bonds. The molecule has 0 spiro atoms. The third-order valence-electron chi connectivity index (χ3n) is 3.32. The van der Waals surface area contributed by atoms with E-state index in [4.69, 9.17) is 0 Å². The Morgan fingerprint density at radius 1 is 0.571 bits per heavy atom. The van der Waals surface area contributed by atoms with Gasteiger partial charge >= 0.3 is 0 Å². The smallest absolute Gasteiger partial charge is 0.143 e. The van der Waals surface area contributed by atoms with Gasteiger partial charge in [-0.1, -0.05) is 40.6 Å². The summed E-state index contributed by atoms with van der Waals surface area (Å²) in [5.74, 6) is 0. The molecule has 0 bridgehead atoms. The fourth-order valence-corrected chi connectivity index (χ4v) is 4.84. The molecule has 3 rings (SSSR count). The second-order valence-electron chi connectivity index (χ2n) is 4.68. The van der Waals surface area contributed by atoms with Crippen LogP contribution in [0.15, 0.2) is 105 Å². The fraction of sp³-hybridized carbons (Fsp3) is 0. The molecule has 21 heavy (non-hydrogen) atoms. The van der Waals surface area contributed by atoms with E-state index in [1.54, 1.807) is 0 Å². The minimum absolute atomic E-state index is 0.803. The first-order chi connectivity index (χ1) is 10.2. The first-order valence-electron chi connectivity index (χ1n) is 6.65. The summed E-state index contributed by atoms with van der Waals surface area (Å²) in [6.07, 6.45) is 0. The molecule has 104 valence electrons. The van der Waals surface area contributed by atoms with Crippen molar-refractivity contribution in [2.75, 3.05) is 0 Å². The van der Waals surface area contributed by atoms with Crippen molar-refractivity contribution in [3.05, 3.63) is 84.9 Å². The van der Waals surface area contributed by atoms with E-state index in [1.165, 1.54) is 0 Å². The highest BCUT2D eigenvalue weighted by atomic mass is 32.2. The Labute approximate surface area is 131 Å². The Morgan fingerprint density at radius 2 is 0.952 bits per heavy atom. The monoisotopic (exact) mass is 311 g/mol. The summed E-state index contributed by atoms with van der Waals surface area (Å²) in [5, 5.41) is 0. The number of hydrogen-bond donors (Lipinski definition) is 1. The summed E-state index contributed by atoms with van der Waals surface area (Å²) < 4.78 is 13.9. The van der Waals surface area contributed by atoms with Gasteiger partial charge in [-0.15, -0.1) is 12.6 Å². The lowest BCUT2D eigenvalue weighted by molar-refractivity contribution is 0.584. The number of benzene rings is 3. The van der Waals surface area contributed by atoms with Gasteiger partial charge in [0, 0.05) is 4.90 Å². The van der Waals surface area contributed by atoms with E-state index in [-0.39, 0.29) is 0 Å². The van der Waals surface area contributed by atoms with Crippen LogP contribution in [0.4, 0.5) is 0 Å². The van der Waals surface area contributed by atoms with Gasteiger partial charge in [-0.3, -0.25) is 0 Å². The van der Waals surface area contributed by atoms with E-state index in [0.29, 0.717) is 0 Å². The average Bonchev–Trinajstić information content (AvgIpc) is 2.56. The molecular weight excluding hydrogens is 296 g/mol. The first-order valence-corrected chi connectivity index (χ1v) is 8.65. The van der Waals surface area contributed by atoms with Crippen molar-refractivity contribution in [3.63, 3.8) is 0 Å². The molecule has 0 aromatic heterocycles. The van der Waals surface area contributed by atoms with Crippen molar-refractivity contribution in [2.24, 2.45) is 0 Å². The van der Waals surface area contributed by atoms with Gasteiger partial charge < -0.3 is 0 Å². The molecule has 0 saturated carbocycles. The van der Waals surface area contributed by atoms with Gasteiger partial charge in [0.25, 0.3) is 0 Å². The molecular formula is C18H15OS2+. The molecule has 0 atom stereocenters. The molecule has 0 aliphatic rings. The highest BCUT2D eigenvalue weighted by molar-refractivity contribution is 8.03. The predicted octanol–water partition coefficient (Wildman–Crippen LogP) is 4.95. The van der Waals surface area contributed by atoms with Gasteiger partial charge in [0.2, 0.25) is 0 Å². The van der Waals surface area contributed by atoms with Gasteiger partial charge in [0.05, 0.1) is 0 Å². The second-order valence-corrected chi connectivity index (χ2v) is 7.72. The van der Waals surface area contributed by atoms with Crippen LogP contribution in [-0.2, 0) is 14.1 Å². The molecule has 3 heteroatoms. The van der Waals surface area contributed by atoms with Crippen LogP contribution in [0.3, 0.4) is 0 Å². The highest BCUT2D eigenvalue weighted by Gasteiger charge is 2.37. The molecule has 0 N–H and O–H groups in total. The zero-order chi connectivity index (χ0) is 14.7. The van der Waals surface area contributed by atoms with Crippen LogP contribution in [0.5, 0.6) is 0 Å². The standard InChI is InChI=1S/C18H14OS2/c19-21(16-7-3-1-4-8-16,17-9-5-2-6-10-17)18-13-11-15(20)12-14-18/h1-14H/p+1. The molecule has 0 radical (unpaired) electrons. The Morgan fingerprint density at radius 3 is 1.38 bits per heavy atom. The molecule has 0 heterocycles. The largest absolute Gasteiger partial charge is 0.182 e. The first kappa shape index (κ1) is 14.1. The van der Waals surface area contributed by atoms with E-state index in [1.807, 2.05) is 84.9 Å². The quantitative estimate of drug-likeness (QED) is 0.535. The van der Waals surface area contributed by atoms with Crippen molar-refractivity contribution < 1.29 is 4.21 Å². The van der Waals surface area contributed by atoms with Crippen molar-refractivity contribution >= 4 is 22.6 Å². The Hall–Kier alpha value is -1.84. The maximum absolute atomic E-state index is 13.9. The van der Waals surface area contributed by atoms with Crippen LogP contribution < -0.4 is 0 Å². The van der Waals surface area contributed by atoms with Crippen molar-refractivity contribution in [1.29, 1.82) is 0 Å². The highest BCUT2D eigenvalue weighted by Crippen LogP contribution is 2.36. The average molecular weight is 311 g/mol. The summed E-state index contributed by atoms with van der Waals surface area (Å²) in [6.45, 7) is 0. The normalized spacial score (nSPS) is 11.3. The Kier molecular flexibility index (Phi) is 3.95. The van der Waals surface area contributed by atoms with Gasteiger partial charge in [0.1, 0.15) is 0 Å². The predicted molar refractivity (Wildman–Crippen MR) is 89.4 cm³/mol.